The van der Waals surface area contributed by atoms with Crippen LogP contribution < -0.4 is 10.6 Å². The van der Waals surface area contributed by atoms with Gasteiger partial charge in [0.25, 0.3) is 0 Å². The molecule has 13 heavy (non-hydrogen) atoms. The molecule has 0 spiro atoms. The number of rotatable bonds is 2. The maximum atomic E-state index is 4.39. The van der Waals surface area contributed by atoms with E-state index >= 15 is 0 Å². The van der Waals surface area contributed by atoms with Crippen molar-refractivity contribution in [2.24, 2.45) is 10.9 Å². The van der Waals surface area contributed by atoms with Gasteiger partial charge in [-0.2, -0.15) is 0 Å². The van der Waals surface area contributed by atoms with E-state index in [-0.39, 0.29) is 0 Å². The third-order valence-corrected chi connectivity index (χ3v) is 2.77. The van der Waals surface area contributed by atoms with Gasteiger partial charge in [-0.3, -0.25) is 4.99 Å². The highest BCUT2D eigenvalue weighted by Crippen LogP contribution is 2.06. The van der Waals surface area contributed by atoms with Crippen molar-refractivity contribution in [2.45, 2.75) is 6.42 Å². The molecule has 0 aromatic carbocycles. The van der Waals surface area contributed by atoms with E-state index < -0.39 is 0 Å². The summed E-state index contributed by atoms with van der Waals surface area (Å²) in [6, 6.07) is 0. The third kappa shape index (κ3) is 2.12. The van der Waals surface area contributed by atoms with Crippen molar-refractivity contribution in [2.75, 3.05) is 39.8 Å². The number of nitrogens with one attached hydrogen (secondary N) is 2. The summed E-state index contributed by atoms with van der Waals surface area (Å²) in [6.45, 7) is 5.40. The summed E-state index contributed by atoms with van der Waals surface area (Å²) >= 11 is 0. The maximum absolute atomic E-state index is 4.39. The van der Waals surface area contributed by atoms with E-state index in [1.54, 1.807) is 0 Å². The summed E-state index contributed by atoms with van der Waals surface area (Å²) in [5.74, 6) is 1.86. The van der Waals surface area contributed by atoms with Gasteiger partial charge in [-0.05, 0) is 25.4 Å². The first kappa shape index (κ1) is 8.81. The highest BCUT2D eigenvalue weighted by Gasteiger charge is 2.17. The topological polar surface area (TPSA) is 39.7 Å². The molecule has 0 aliphatic carbocycles. The lowest BCUT2D eigenvalue weighted by Crippen LogP contribution is -2.38. The van der Waals surface area contributed by atoms with Crippen LogP contribution in [0, 0.1) is 5.92 Å². The van der Waals surface area contributed by atoms with Crippen LogP contribution in [0.25, 0.3) is 0 Å². The van der Waals surface area contributed by atoms with E-state index in [0.29, 0.717) is 0 Å². The number of hydrogen-bond donors (Lipinski definition) is 2. The Hall–Kier alpha value is -0.770. The first-order valence-electron chi connectivity index (χ1n) is 5.06. The SMILES string of the molecule is CN1CCN=C1NCC1CCNC1. The van der Waals surface area contributed by atoms with Crippen LogP contribution in [0.2, 0.25) is 0 Å². The number of guanidine groups is 1. The Morgan fingerprint density at radius 3 is 3.23 bits per heavy atom. The Morgan fingerprint density at radius 2 is 2.62 bits per heavy atom. The minimum atomic E-state index is 0.789. The molecular formula is C9H18N4. The fourth-order valence-corrected chi connectivity index (χ4v) is 1.85. The molecule has 2 heterocycles. The van der Waals surface area contributed by atoms with Gasteiger partial charge < -0.3 is 15.5 Å². The monoisotopic (exact) mass is 182 g/mol. The molecule has 4 nitrogen and oxygen atoms in total. The van der Waals surface area contributed by atoms with E-state index in [0.717, 1.165) is 38.1 Å². The summed E-state index contributed by atoms with van der Waals surface area (Å²) in [5, 5.41) is 6.77. The van der Waals surface area contributed by atoms with Crippen molar-refractivity contribution < 1.29 is 0 Å². The minimum Gasteiger partial charge on any atom is -0.356 e. The highest BCUT2D eigenvalue weighted by molar-refractivity contribution is 5.81. The largest absolute Gasteiger partial charge is 0.356 e. The van der Waals surface area contributed by atoms with Crippen molar-refractivity contribution in [1.29, 1.82) is 0 Å². The molecule has 0 saturated carbocycles. The van der Waals surface area contributed by atoms with E-state index in [1.807, 2.05) is 0 Å². The molecule has 1 unspecified atom stereocenters. The number of aliphatic imine (C=N–C) groups is 1. The fraction of sp³-hybridized carbons (Fsp3) is 0.889. The van der Waals surface area contributed by atoms with Crippen LogP contribution in [0.15, 0.2) is 4.99 Å². The first-order chi connectivity index (χ1) is 6.36. The zero-order chi connectivity index (χ0) is 9.10. The molecule has 2 aliphatic rings. The average molecular weight is 182 g/mol. The quantitative estimate of drug-likeness (QED) is 0.604. The second kappa shape index (κ2) is 3.96. The standard InChI is InChI=1S/C9H18N4/c1-13-5-4-11-9(13)12-7-8-2-3-10-6-8/h8,10H,2-7H2,1H3,(H,11,12). The van der Waals surface area contributed by atoms with E-state index in [4.69, 9.17) is 0 Å². The van der Waals surface area contributed by atoms with Crippen LogP contribution in [-0.2, 0) is 0 Å². The van der Waals surface area contributed by atoms with Crippen molar-refractivity contribution in [3.05, 3.63) is 0 Å². The van der Waals surface area contributed by atoms with E-state index in [2.05, 4.69) is 27.6 Å². The Kier molecular flexibility index (Phi) is 2.68. The third-order valence-electron chi connectivity index (χ3n) is 2.77. The van der Waals surface area contributed by atoms with Gasteiger partial charge in [0, 0.05) is 20.1 Å². The summed E-state index contributed by atoms with van der Waals surface area (Å²) < 4.78 is 0. The fourth-order valence-electron chi connectivity index (χ4n) is 1.85. The molecule has 2 N–H and O–H groups in total. The van der Waals surface area contributed by atoms with Gasteiger partial charge in [0.15, 0.2) is 5.96 Å². The van der Waals surface area contributed by atoms with Gasteiger partial charge in [0.05, 0.1) is 6.54 Å². The second-order valence-corrected chi connectivity index (χ2v) is 3.87. The molecule has 0 aromatic heterocycles. The Bertz CT molecular complexity index is 196. The van der Waals surface area contributed by atoms with Crippen LogP contribution >= 0.6 is 0 Å². The summed E-state index contributed by atoms with van der Waals surface area (Å²) in [7, 11) is 2.09. The maximum Gasteiger partial charge on any atom is 0.193 e. The first-order valence-corrected chi connectivity index (χ1v) is 5.06. The van der Waals surface area contributed by atoms with Crippen LogP contribution in [0.4, 0.5) is 0 Å². The van der Waals surface area contributed by atoms with Gasteiger partial charge in [0.1, 0.15) is 0 Å². The van der Waals surface area contributed by atoms with Gasteiger partial charge in [-0.15, -0.1) is 0 Å². The molecule has 0 amide bonds. The van der Waals surface area contributed by atoms with Gasteiger partial charge >= 0.3 is 0 Å². The predicted molar refractivity (Wildman–Crippen MR) is 53.9 cm³/mol. The van der Waals surface area contributed by atoms with Gasteiger partial charge in [-0.1, -0.05) is 0 Å². The lowest BCUT2D eigenvalue weighted by molar-refractivity contribution is 0.506. The zero-order valence-corrected chi connectivity index (χ0v) is 8.21. The average Bonchev–Trinajstić information content (AvgIpc) is 2.72. The number of nitrogens with zero attached hydrogens (tertiary/aromatic N) is 2. The summed E-state index contributed by atoms with van der Waals surface area (Å²) in [6.07, 6.45) is 1.30. The Balaban J connectivity index is 1.72. The second-order valence-electron chi connectivity index (χ2n) is 3.87. The van der Waals surface area contributed by atoms with Crippen molar-refractivity contribution in [1.82, 2.24) is 15.5 Å². The Morgan fingerprint density at radius 1 is 1.69 bits per heavy atom. The van der Waals surface area contributed by atoms with Crippen LogP contribution in [0.5, 0.6) is 0 Å². The molecule has 1 saturated heterocycles. The molecule has 2 rings (SSSR count). The molecule has 74 valence electrons. The van der Waals surface area contributed by atoms with Crippen molar-refractivity contribution in [3.8, 4) is 0 Å². The molecule has 2 aliphatic heterocycles. The minimum absolute atomic E-state index is 0.789. The molecular weight excluding hydrogens is 164 g/mol. The number of likely N-dealkylation sites (N-methyl/N-ethyl adjacent to an activating group) is 1. The lowest BCUT2D eigenvalue weighted by atomic mass is 10.1. The van der Waals surface area contributed by atoms with Gasteiger partial charge in [0.2, 0.25) is 0 Å². The Labute approximate surface area is 79.4 Å². The van der Waals surface area contributed by atoms with Crippen LogP contribution in [0.3, 0.4) is 0 Å². The van der Waals surface area contributed by atoms with Crippen LogP contribution in [-0.4, -0.2) is 50.6 Å². The van der Waals surface area contributed by atoms with Gasteiger partial charge in [-0.25, -0.2) is 0 Å². The normalized spacial score (nSPS) is 27.9. The molecule has 4 heteroatoms. The molecule has 1 atom stereocenters. The van der Waals surface area contributed by atoms with Crippen LogP contribution in [0.1, 0.15) is 6.42 Å². The molecule has 0 bridgehead atoms. The number of hydrogen-bond acceptors (Lipinski definition) is 4. The molecule has 0 radical (unpaired) electrons. The van der Waals surface area contributed by atoms with E-state index in [1.165, 1.54) is 13.0 Å². The predicted octanol–water partition coefficient (Wildman–Crippen LogP) is -0.513. The lowest BCUT2D eigenvalue weighted by Gasteiger charge is -2.17. The summed E-state index contributed by atoms with van der Waals surface area (Å²) in [4.78, 5) is 6.57. The highest BCUT2D eigenvalue weighted by atomic mass is 15.3. The molecule has 0 aromatic rings. The molecule has 1 fully saturated rings. The van der Waals surface area contributed by atoms with Crippen molar-refractivity contribution >= 4 is 5.96 Å². The van der Waals surface area contributed by atoms with Crippen molar-refractivity contribution in [3.63, 3.8) is 0 Å². The zero-order valence-electron chi connectivity index (χ0n) is 8.21. The van der Waals surface area contributed by atoms with E-state index in [9.17, 15) is 0 Å². The smallest absolute Gasteiger partial charge is 0.193 e. The summed E-state index contributed by atoms with van der Waals surface area (Å²) in [5.41, 5.74) is 0.